The Balaban J connectivity index is 1.20. The molecule has 10 nitrogen and oxygen atoms in total. The van der Waals surface area contributed by atoms with Crippen molar-refractivity contribution in [3.05, 3.63) is 60.4 Å². The molecule has 2 fully saturated rings. The van der Waals surface area contributed by atoms with Gasteiger partial charge in [-0.05, 0) is 50.3 Å². The number of hydrogen-bond acceptors (Lipinski definition) is 7. The Morgan fingerprint density at radius 3 is 2.69 bits per heavy atom. The fourth-order valence-electron chi connectivity index (χ4n) is 4.01. The summed E-state index contributed by atoms with van der Waals surface area (Å²) in [5.41, 5.74) is 3.29. The van der Waals surface area contributed by atoms with E-state index >= 15 is 0 Å². The topological polar surface area (TPSA) is 122 Å². The van der Waals surface area contributed by atoms with Crippen LogP contribution in [0.3, 0.4) is 0 Å². The highest BCUT2D eigenvalue weighted by Gasteiger charge is 2.48. The van der Waals surface area contributed by atoms with Crippen molar-refractivity contribution in [1.82, 2.24) is 35.5 Å². The van der Waals surface area contributed by atoms with E-state index in [2.05, 4.69) is 25.9 Å². The number of nitrogens with one attached hydrogen (secondary N) is 2. The molecule has 1 atom stereocenters. The molecule has 1 saturated heterocycles. The standard InChI is InChI=1S/C24H25N7O3S/c1-24(12-11-16-6-3-2-4-7-16)21(33)31(22(34)26-24)29-19(32)15-35-23-28-27-20(30(23)18-9-10-18)17-8-5-13-25-14-17/h2-8,13-14,18H,9-12,15H2,1H3,(H,26,34)(H,29,32). The molecule has 5 rings (SSSR count). The van der Waals surface area contributed by atoms with Crippen LogP contribution in [0, 0.1) is 0 Å². The smallest absolute Gasteiger partial charge is 0.322 e. The van der Waals surface area contributed by atoms with E-state index in [1.165, 1.54) is 11.8 Å². The van der Waals surface area contributed by atoms with Gasteiger partial charge < -0.3 is 5.32 Å². The number of hydrogen-bond donors (Lipinski definition) is 2. The number of hydrazine groups is 1. The maximum Gasteiger partial charge on any atom is 0.344 e. The molecule has 4 amide bonds. The lowest BCUT2D eigenvalue weighted by Crippen LogP contribution is -2.49. The van der Waals surface area contributed by atoms with Gasteiger partial charge >= 0.3 is 6.03 Å². The second kappa shape index (κ2) is 9.49. The monoisotopic (exact) mass is 491 g/mol. The molecule has 1 aliphatic heterocycles. The molecule has 0 spiro atoms. The average Bonchev–Trinajstić information content (AvgIpc) is 3.59. The average molecular weight is 492 g/mol. The van der Waals surface area contributed by atoms with Crippen LogP contribution in [0.15, 0.2) is 60.0 Å². The quantitative estimate of drug-likeness (QED) is 0.349. The highest BCUT2D eigenvalue weighted by atomic mass is 32.2. The molecule has 0 bridgehead atoms. The minimum Gasteiger partial charge on any atom is -0.322 e. The molecule has 1 unspecified atom stereocenters. The minimum atomic E-state index is -1.09. The summed E-state index contributed by atoms with van der Waals surface area (Å²) in [6.07, 6.45) is 6.52. The number of thioether (sulfide) groups is 1. The van der Waals surface area contributed by atoms with Gasteiger partial charge in [0.15, 0.2) is 11.0 Å². The molecule has 2 aromatic heterocycles. The maximum atomic E-state index is 13.0. The number of aryl methyl sites for hydroxylation is 1. The maximum absolute atomic E-state index is 13.0. The zero-order valence-corrected chi connectivity index (χ0v) is 20.0. The molecule has 1 aromatic carbocycles. The Morgan fingerprint density at radius 1 is 1.17 bits per heavy atom. The van der Waals surface area contributed by atoms with Gasteiger partial charge in [0, 0.05) is 24.0 Å². The third-order valence-corrected chi connectivity index (χ3v) is 7.03. The van der Waals surface area contributed by atoms with E-state index in [1.54, 1.807) is 19.3 Å². The summed E-state index contributed by atoms with van der Waals surface area (Å²) >= 11 is 1.22. The molecule has 11 heteroatoms. The van der Waals surface area contributed by atoms with E-state index in [0.717, 1.165) is 29.0 Å². The summed E-state index contributed by atoms with van der Waals surface area (Å²) in [6.45, 7) is 1.68. The Kier molecular flexibility index (Phi) is 6.25. The van der Waals surface area contributed by atoms with Crippen LogP contribution in [0.25, 0.3) is 11.4 Å². The van der Waals surface area contributed by atoms with Crippen molar-refractivity contribution in [3.63, 3.8) is 0 Å². The largest absolute Gasteiger partial charge is 0.344 e. The number of benzene rings is 1. The molecule has 1 saturated carbocycles. The number of nitrogens with zero attached hydrogens (tertiary/aromatic N) is 5. The normalized spacial score (nSPS) is 19.6. The highest BCUT2D eigenvalue weighted by molar-refractivity contribution is 7.99. The number of rotatable bonds is 9. The lowest BCUT2D eigenvalue weighted by Gasteiger charge is -2.21. The van der Waals surface area contributed by atoms with E-state index < -0.39 is 23.4 Å². The van der Waals surface area contributed by atoms with E-state index in [0.29, 0.717) is 29.9 Å². The second-order valence-corrected chi connectivity index (χ2v) is 9.80. The highest BCUT2D eigenvalue weighted by Crippen LogP contribution is 2.40. The summed E-state index contributed by atoms with van der Waals surface area (Å²) in [5, 5.41) is 12.7. The van der Waals surface area contributed by atoms with Crippen LogP contribution < -0.4 is 10.7 Å². The first-order valence-electron chi connectivity index (χ1n) is 11.4. The van der Waals surface area contributed by atoms with Gasteiger partial charge in [0.25, 0.3) is 5.91 Å². The number of urea groups is 1. The number of carbonyl (C=O) groups is 3. The molecular weight excluding hydrogens is 466 g/mol. The summed E-state index contributed by atoms with van der Waals surface area (Å²) in [4.78, 5) is 42.2. The molecule has 35 heavy (non-hydrogen) atoms. The lowest BCUT2D eigenvalue weighted by atomic mass is 9.93. The zero-order chi connectivity index (χ0) is 24.4. The first-order chi connectivity index (χ1) is 16.9. The Labute approximate surface area is 206 Å². The lowest BCUT2D eigenvalue weighted by molar-refractivity contribution is -0.138. The SMILES string of the molecule is CC1(CCc2ccccc2)NC(=O)N(NC(=O)CSc2nnc(-c3cccnc3)n2C2CC2)C1=O. The molecule has 2 aliphatic rings. The van der Waals surface area contributed by atoms with Crippen molar-refractivity contribution in [3.8, 4) is 11.4 Å². The van der Waals surface area contributed by atoms with Crippen molar-refractivity contribution in [2.45, 2.75) is 49.3 Å². The van der Waals surface area contributed by atoms with Gasteiger partial charge in [0.1, 0.15) is 5.54 Å². The van der Waals surface area contributed by atoms with E-state index in [9.17, 15) is 14.4 Å². The Hall–Kier alpha value is -3.73. The number of imide groups is 1. The van der Waals surface area contributed by atoms with Crippen molar-refractivity contribution in [2.24, 2.45) is 0 Å². The molecule has 1 aliphatic carbocycles. The molecule has 3 heterocycles. The molecule has 180 valence electrons. The fraction of sp³-hybridized carbons (Fsp3) is 0.333. The summed E-state index contributed by atoms with van der Waals surface area (Å²) in [5.74, 6) is -0.252. The van der Waals surface area contributed by atoms with Crippen molar-refractivity contribution >= 4 is 29.6 Å². The van der Waals surface area contributed by atoms with Gasteiger partial charge in [0.05, 0.1) is 5.75 Å². The van der Waals surface area contributed by atoms with Crippen LogP contribution >= 0.6 is 11.8 Å². The summed E-state index contributed by atoms with van der Waals surface area (Å²) in [6, 6.07) is 13.2. The number of carbonyl (C=O) groups excluding carboxylic acids is 3. The molecule has 2 N–H and O–H groups in total. The second-order valence-electron chi connectivity index (χ2n) is 8.86. The van der Waals surface area contributed by atoms with E-state index in [-0.39, 0.29) is 5.75 Å². The zero-order valence-electron chi connectivity index (χ0n) is 19.2. The van der Waals surface area contributed by atoms with Crippen LogP contribution in [-0.2, 0) is 16.0 Å². The van der Waals surface area contributed by atoms with Crippen molar-refractivity contribution in [2.75, 3.05) is 5.75 Å². The summed E-state index contributed by atoms with van der Waals surface area (Å²) in [7, 11) is 0. The first-order valence-corrected chi connectivity index (χ1v) is 12.4. The summed E-state index contributed by atoms with van der Waals surface area (Å²) < 4.78 is 2.03. The third kappa shape index (κ3) is 4.90. The van der Waals surface area contributed by atoms with Gasteiger partial charge in [-0.25, -0.2) is 4.79 Å². The van der Waals surface area contributed by atoms with Crippen LogP contribution in [0.4, 0.5) is 4.79 Å². The van der Waals surface area contributed by atoms with Gasteiger partial charge in [-0.15, -0.1) is 10.2 Å². The van der Waals surface area contributed by atoms with Crippen LogP contribution in [0.2, 0.25) is 0 Å². The predicted molar refractivity (Wildman–Crippen MR) is 129 cm³/mol. The number of amides is 4. The van der Waals surface area contributed by atoms with E-state index in [1.807, 2.05) is 47.0 Å². The third-order valence-electron chi connectivity index (χ3n) is 6.08. The van der Waals surface area contributed by atoms with Gasteiger partial charge in [-0.2, -0.15) is 5.01 Å². The number of aromatic nitrogens is 4. The van der Waals surface area contributed by atoms with Crippen molar-refractivity contribution in [1.29, 1.82) is 0 Å². The first kappa shape index (κ1) is 23.0. The van der Waals surface area contributed by atoms with Crippen LogP contribution in [0.5, 0.6) is 0 Å². The molecular formula is C24H25N7O3S. The molecule has 0 radical (unpaired) electrons. The van der Waals surface area contributed by atoms with Gasteiger partial charge in [-0.3, -0.25) is 24.6 Å². The Morgan fingerprint density at radius 2 is 1.97 bits per heavy atom. The van der Waals surface area contributed by atoms with Gasteiger partial charge in [0.2, 0.25) is 5.91 Å². The van der Waals surface area contributed by atoms with Gasteiger partial charge in [-0.1, -0.05) is 42.1 Å². The predicted octanol–water partition coefficient (Wildman–Crippen LogP) is 2.74. The number of pyridine rings is 1. The van der Waals surface area contributed by atoms with Crippen LogP contribution in [-0.4, -0.2) is 53.9 Å². The van der Waals surface area contributed by atoms with Crippen LogP contribution in [0.1, 0.15) is 37.8 Å². The minimum absolute atomic E-state index is 0.0182. The molecule has 3 aromatic rings. The van der Waals surface area contributed by atoms with E-state index in [4.69, 9.17) is 0 Å². The Bertz CT molecular complexity index is 1250. The fourth-order valence-corrected chi connectivity index (χ4v) is 4.81. The van der Waals surface area contributed by atoms with Crippen molar-refractivity contribution < 1.29 is 14.4 Å².